The van der Waals surface area contributed by atoms with E-state index in [1.165, 1.54) is 23.6 Å². The van der Waals surface area contributed by atoms with Crippen LogP contribution in [0.25, 0.3) is 0 Å². The first kappa shape index (κ1) is 24.2. The fraction of sp³-hybridized carbons (Fsp3) is 0.696. The Morgan fingerprint density at radius 1 is 0.968 bits per heavy atom. The minimum atomic E-state index is -3.76. The maximum Gasteiger partial charge on any atom is 0.243 e. The van der Waals surface area contributed by atoms with Crippen molar-refractivity contribution in [3.05, 3.63) is 28.8 Å². The maximum atomic E-state index is 13.6. The molecular weight excluding hydrogens is 412 g/mol. The van der Waals surface area contributed by atoms with Crippen LogP contribution in [0.4, 0.5) is 0 Å². The van der Waals surface area contributed by atoms with E-state index in [1.54, 1.807) is 11.0 Å². The highest BCUT2D eigenvalue weighted by molar-refractivity contribution is 7.89. The molecule has 1 aromatic rings. The fourth-order valence-corrected chi connectivity index (χ4v) is 6.17. The van der Waals surface area contributed by atoms with Crippen molar-refractivity contribution in [3.8, 4) is 0 Å². The van der Waals surface area contributed by atoms with Crippen molar-refractivity contribution in [2.45, 2.75) is 51.3 Å². The smallest absolute Gasteiger partial charge is 0.243 e. The summed E-state index contributed by atoms with van der Waals surface area (Å²) in [6.07, 6.45) is 4.44. The molecule has 0 radical (unpaired) electrons. The van der Waals surface area contributed by atoms with Gasteiger partial charge in [-0.05, 0) is 82.4 Å². The van der Waals surface area contributed by atoms with Gasteiger partial charge in [-0.2, -0.15) is 4.31 Å². The standard InChI is InChI=1S/C23H38N4O3S/c1-19-16-21(3)22(17-20(19)2)31(29,30)27(13-7-12-25-10-5-4-6-11-25)18-23(28)26-14-8-24-9-15-26/h16-17,24H,4-15,18H2,1-3H3. The molecule has 1 N–H and O–H groups in total. The van der Waals surface area contributed by atoms with Crippen LogP contribution in [0.5, 0.6) is 0 Å². The van der Waals surface area contributed by atoms with E-state index in [4.69, 9.17) is 0 Å². The largest absolute Gasteiger partial charge is 0.339 e. The van der Waals surface area contributed by atoms with Crippen LogP contribution in [-0.4, -0.2) is 87.3 Å². The molecule has 0 aliphatic carbocycles. The second-order valence-electron chi connectivity index (χ2n) is 8.93. The Bertz CT molecular complexity index is 860. The molecule has 0 aromatic heterocycles. The topological polar surface area (TPSA) is 73.0 Å². The lowest BCUT2D eigenvalue weighted by Gasteiger charge is -2.31. The van der Waals surface area contributed by atoms with Gasteiger partial charge in [-0.25, -0.2) is 8.42 Å². The molecule has 1 amide bonds. The third kappa shape index (κ3) is 6.28. The average molecular weight is 451 g/mol. The lowest BCUT2D eigenvalue weighted by molar-refractivity contribution is -0.132. The normalized spacial score (nSPS) is 18.5. The third-order valence-corrected chi connectivity index (χ3v) is 8.51. The highest BCUT2D eigenvalue weighted by atomic mass is 32.2. The van der Waals surface area contributed by atoms with Crippen molar-refractivity contribution in [3.63, 3.8) is 0 Å². The van der Waals surface area contributed by atoms with Crippen LogP contribution in [0.15, 0.2) is 17.0 Å². The van der Waals surface area contributed by atoms with Crippen LogP contribution >= 0.6 is 0 Å². The number of benzene rings is 1. The molecule has 2 aliphatic rings. The Morgan fingerprint density at radius 2 is 1.61 bits per heavy atom. The van der Waals surface area contributed by atoms with Crippen molar-refractivity contribution in [1.82, 2.24) is 19.4 Å². The summed E-state index contributed by atoms with van der Waals surface area (Å²) >= 11 is 0. The minimum Gasteiger partial charge on any atom is -0.339 e. The Kier molecular flexibility index (Phi) is 8.50. The van der Waals surface area contributed by atoms with Gasteiger partial charge >= 0.3 is 0 Å². The van der Waals surface area contributed by atoms with Crippen molar-refractivity contribution in [2.75, 3.05) is 58.9 Å². The number of nitrogens with zero attached hydrogens (tertiary/aromatic N) is 3. The minimum absolute atomic E-state index is 0.0886. The fourth-order valence-electron chi connectivity index (χ4n) is 4.45. The molecule has 2 aliphatic heterocycles. The number of rotatable bonds is 8. The number of piperazine rings is 1. The van der Waals surface area contributed by atoms with Crippen LogP contribution < -0.4 is 5.32 Å². The number of likely N-dealkylation sites (tertiary alicyclic amines) is 1. The molecule has 8 heteroatoms. The molecule has 2 saturated heterocycles. The van der Waals surface area contributed by atoms with E-state index in [0.717, 1.165) is 55.8 Å². The summed E-state index contributed by atoms with van der Waals surface area (Å²) in [5.41, 5.74) is 2.76. The van der Waals surface area contributed by atoms with E-state index >= 15 is 0 Å². The predicted octanol–water partition coefficient (Wildman–Crippen LogP) is 1.91. The summed E-state index contributed by atoms with van der Waals surface area (Å²) in [4.78, 5) is 17.4. The first-order chi connectivity index (χ1) is 14.8. The molecule has 1 aromatic carbocycles. The van der Waals surface area contributed by atoms with Gasteiger partial charge in [0, 0.05) is 32.7 Å². The number of aryl methyl sites for hydroxylation is 3. The van der Waals surface area contributed by atoms with Crippen molar-refractivity contribution in [1.29, 1.82) is 0 Å². The SMILES string of the molecule is Cc1cc(C)c(S(=O)(=O)N(CCCN2CCCCC2)CC(=O)N2CCNCC2)cc1C. The lowest BCUT2D eigenvalue weighted by atomic mass is 10.1. The van der Waals surface area contributed by atoms with Crippen LogP contribution in [0, 0.1) is 20.8 Å². The zero-order chi connectivity index (χ0) is 22.4. The zero-order valence-electron chi connectivity index (χ0n) is 19.3. The maximum absolute atomic E-state index is 13.6. The number of carbonyl (C=O) groups is 1. The van der Waals surface area contributed by atoms with Gasteiger partial charge in [-0.3, -0.25) is 4.79 Å². The highest BCUT2D eigenvalue weighted by Crippen LogP contribution is 2.24. The van der Waals surface area contributed by atoms with Crippen molar-refractivity contribution in [2.24, 2.45) is 0 Å². The van der Waals surface area contributed by atoms with Crippen LogP contribution in [-0.2, 0) is 14.8 Å². The van der Waals surface area contributed by atoms with Gasteiger partial charge in [0.25, 0.3) is 0 Å². The van der Waals surface area contributed by atoms with Crippen LogP contribution in [0.1, 0.15) is 42.4 Å². The first-order valence-corrected chi connectivity index (χ1v) is 13.0. The molecule has 2 fully saturated rings. The molecule has 2 heterocycles. The van der Waals surface area contributed by atoms with E-state index < -0.39 is 10.0 Å². The number of amides is 1. The molecular formula is C23H38N4O3S. The van der Waals surface area contributed by atoms with E-state index in [9.17, 15) is 13.2 Å². The van der Waals surface area contributed by atoms with Gasteiger partial charge in [0.05, 0.1) is 11.4 Å². The second kappa shape index (κ2) is 10.9. The summed E-state index contributed by atoms with van der Waals surface area (Å²) in [6.45, 7) is 11.8. The summed E-state index contributed by atoms with van der Waals surface area (Å²) in [5, 5.41) is 3.24. The predicted molar refractivity (Wildman–Crippen MR) is 124 cm³/mol. The van der Waals surface area contributed by atoms with Gasteiger partial charge in [0.15, 0.2) is 0 Å². The van der Waals surface area contributed by atoms with Gasteiger partial charge in [-0.15, -0.1) is 0 Å². The monoisotopic (exact) mass is 450 g/mol. The highest BCUT2D eigenvalue weighted by Gasteiger charge is 2.30. The first-order valence-electron chi connectivity index (χ1n) is 11.6. The second-order valence-corrected chi connectivity index (χ2v) is 10.8. The summed E-state index contributed by atoms with van der Waals surface area (Å²) < 4.78 is 28.7. The Morgan fingerprint density at radius 3 is 2.29 bits per heavy atom. The summed E-state index contributed by atoms with van der Waals surface area (Å²) in [6, 6.07) is 3.68. The van der Waals surface area contributed by atoms with E-state index in [2.05, 4.69) is 10.2 Å². The Hall–Kier alpha value is -1.48. The number of nitrogens with one attached hydrogen (secondary N) is 1. The number of hydrogen-bond acceptors (Lipinski definition) is 5. The molecule has 0 bridgehead atoms. The van der Waals surface area contributed by atoms with Crippen LogP contribution in [0.3, 0.4) is 0 Å². The lowest BCUT2D eigenvalue weighted by Crippen LogP contribution is -2.50. The average Bonchev–Trinajstić information content (AvgIpc) is 2.76. The van der Waals surface area contributed by atoms with Crippen LogP contribution in [0.2, 0.25) is 0 Å². The molecule has 0 saturated carbocycles. The molecule has 7 nitrogen and oxygen atoms in total. The van der Waals surface area contributed by atoms with E-state index in [0.29, 0.717) is 24.5 Å². The molecule has 0 unspecified atom stereocenters. The molecule has 3 rings (SSSR count). The van der Waals surface area contributed by atoms with Gasteiger partial charge in [-0.1, -0.05) is 12.5 Å². The van der Waals surface area contributed by atoms with Crippen molar-refractivity contribution >= 4 is 15.9 Å². The zero-order valence-corrected chi connectivity index (χ0v) is 20.1. The molecule has 0 atom stereocenters. The van der Waals surface area contributed by atoms with Gasteiger partial charge in [0.2, 0.25) is 15.9 Å². The summed E-state index contributed by atoms with van der Waals surface area (Å²) in [7, 11) is -3.76. The Balaban J connectivity index is 1.77. The summed E-state index contributed by atoms with van der Waals surface area (Å²) in [5.74, 6) is -0.107. The van der Waals surface area contributed by atoms with E-state index in [-0.39, 0.29) is 12.5 Å². The number of carbonyl (C=O) groups excluding carboxylic acids is 1. The number of hydrogen-bond donors (Lipinski definition) is 1. The van der Waals surface area contributed by atoms with Gasteiger partial charge < -0.3 is 15.1 Å². The quantitative estimate of drug-likeness (QED) is 0.655. The van der Waals surface area contributed by atoms with Crippen molar-refractivity contribution < 1.29 is 13.2 Å². The molecule has 0 spiro atoms. The number of piperidine rings is 1. The third-order valence-electron chi connectivity index (χ3n) is 6.52. The Labute approximate surface area is 187 Å². The number of sulfonamides is 1. The molecule has 31 heavy (non-hydrogen) atoms. The van der Waals surface area contributed by atoms with Gasteiger partial charge in [0.1, 0.15) is 0 Å². The molecule has 174 valence electrons. The van der Waals surface area contributed by atoms with E-state index in [1.807, 2.05) is 26.8 Å².